The van der Waals surface area contributed by atoms with E-state index in [1.54, 1.807) is 36.6 Å². The average molecular weight is 578 g/mol. The predicted molar refractivity (Wildman–Crippen MR) is 130 cm³/mol. The summed E-state index contributed by atoms with van der Waals surface area (Å²) in [4.78, 5) is 31.4. The maximum absolute atomic E-state index is 13.5. The minimum Gasteiger partial charge on any atom is -0.506 e. The third-order valence-corrected chi connectivity index (χ3v) is 7.16. The first-order valence-corrected chi connectivity index (χ1v) is 12.1. The van der Waals surface area contributed by atoms with Crippen LogP contribution in [0.25, 0.3) is 6.08 Å². The lowest BCUT2D eigenvalue weighted by Gasteiger charge is -2.24. The van der Waals surface area contributed by atoms with Crippen molar-refractivity contribution in [2.45, 2.75) is 19.9 Å². The van der Waals surface area contributed by atoms with Crippen molar-refractivity contribution in [1.82, 2.24) is 4.57 Å². The van der Waals surface area contributed by atoms with E-state index in [0.29, 0.717) is 29.5 Å². The van der Waals surface area contributed by atoms with Crippen molar-refractivity contribution in [1.29, 1.82) is 0 Å². The standard InChI is InChI=1S/C23H18Br2N2O4S/c1-3-31-22(30)18-12(2)26-23-27(19(18)14-7-5-4-6-8-14)21(29)17(32-23)11-13-9-15(24)20(28)16(25)10-13/h4-11,19,28H,3H2,1-2H3/t19-/m1/s1. The van der Waals surface area contributed by atoms with Crippen LogP contribution in [0.2, 0.25) is 0 Å². The Morgan fingerprint density at radius 1 is 1.25 bits per heavy atom. The second-order valence-electron chi connectivity index (χ2n) is 7.05. The van der Waals surface area contributed by atoms with Gasteiger partial charge in [-0.25, -0.2) is 9.79 Å². The molecule has 0 unspecified atom stereocenters. The zero-order chi connectivity index (χ0) is 23.0. The number of thiazole rings is 1. The third-order valence-electron chi connectivity index (χ3n) is 4.97. The molecule has 6 nitrogen and oxygen atoms in total. The highest BCUT2D eigenvalue weighted by molar-refractivity contribution is 9.11. The minimum atomic E-state index is -0.632. The van der Waals surface area contributed by atoms with Gasteiger partial charge in [0.2, 0.25) is 0 Å². The monoisotopic (exact) mass is 576 g/mol. The Balaban J connectivity index is 1.96. The molecule has 164 valence electrons. The van der Waals surface area contributed by atoms with Gasteiger partial charge in [0.25, 0.3) is 5.56 Å². The molecular formula is C23H18Br2N2O4S. The quantitative estimate of drug-likeness (QED) is 0.475. The molecule has 0 bridgehead atoms. The molecule has 2 heterocycles. The van der Waals surface area contributed by atoms with E-state index in [0.717, 1.165) is 11.1 Å². The van der Waals surface area contributed by atoms with E-state index < -0.39 is 12.0 Å². The summed E-state index contributed by atoms with van der Waals surface area (Å²) >= 11 is 7.88. The van der Waals surface area contributed by atoms with Crippen LogP contribution in [0.15, 0.2) is 72.5 Å². The van der Waals surface area contributed by atoms with Crippen LogP contribution < -0.4 is 14.9 Å². The maximum Gasteiger partial charge on any atom is 0.338 e. The number of allylic oxidation sites excluding steroid dienone is 1. The van der Waals surface area contributed by atoms with Crippen LogP contribution in [-0.4, -0.2) is 22.2 Å². The van der Waals surface area contributed by atoms with Gasteiger partial charge in [-0.15, -0.1) is 0 Å². The lowest BCUT2D eigenvalue weighted by atomic mass is 9.96. The summed E-state index contributed by atoms with van der Waals surface area (Å²) in [5.74, 6) is -0.398. The zero-order valence-electron chi connectivity index (χ0n) is 17.1. The summed E-state index contributed by atoms with van der Waals surface area (Å²) in [6.45, 7) is 3.73. The van der Waals surface area contributed by atoms with Crippen molar-refractivity contribution in [3.8, 4) is 5.75 Å². The number of halogens is 2. The number of ether oxygens (including phenoxy) is 1. The van der Waals surface area contributed by atoms with Gasteiger partial charge in [0, 0.05) is 0 Å². The largest absolute Gasteiger partial charge is 0.506 e. The topological polar surface area (TPSA) is 80.9 Å². The molecule has 1 atom stereocenters. The molecule has 3 aromatic rings. The maximum atomic E-state index is 13.5. The Bertz CT molecular complexity index is 1400. The number of carbonyl (C=O) groups is 1. The van der Waals surface area contributed by atoms with Crippen LogP contribution in [0.5, 0.6) is 5.75 Å². The Morgan fingerprint density at radius 3 is 2.53 bits per heavy atom. The zero-order valence-corrected chi connectivity index (χ0v) is 21.1. The number of aromatic hydroxyl groups is 1. The van der Waals surface area contributed by atoms with E-state index in [4.69, 9.17) is 4.74 Å². The second kappa shape index (κ2) is 9.17. The molecule has 4 rings (SSSR count). The first-order valence-electron chi connectivity index (χ1n) is 9.74. The molecule has 1 aliphatic rings. The SMILES string of the molecule is CCOC(=O)C1=C(C)N=c2sc(=Cc3cc(Br)c(O)c(Br)c3)c(=O)n2[C@@H]1c1ccccc1. The minimum absolute atomic E-state index is 0.0855. The molecule has 1 aliphatic heterocycles. The Labute approximate surface area is 204 Å². The highest BCUT2D eigenvalue weighted by atomic mass is 79.9. The number of hydrogen-bond donors (Lipinski definition) is 1. The average Bonchev–Trinajstić information content (AvgIpc) is 3.06. The number of esters is 1. The fraction of sp³-hybridized carbons (Fsp3) is 0.174. The number of rotatable bonds is 4. The molecular weight excluding hydrogens is 560 g/mol. The molecule has 9 heteroatoms. The molecule has 1 N–H and O–H groups in total. The summed E-state index contributed by atoms with van der Waals surface area (Å²) in [5.41, 5.74) is 2.15. The third kappa shape index (κ3) is 4.12. The molecule has 32 heavy (non-hydrogen) atoms. The van der Waals surface area contributed by atoms with Crippen LogP contribution in [0.3, 0.4) is 0 Å². The highest BCUT2D eigenvalue weighted by Crippen LogP contribution is 2.34. The number of aromatic nitrogens is 1. The van der Waals surface area contributed by atoms with Crippen LogP contribution in [-0.2, 0) is 9.53 Å². The fourth-order valence-electron chi connectivity index (χ4n) is 3.56. The molecule has 0 saturated heterocycles. The van der Waals surface area contributed by atoms with Gasteiger partial charge >= 0.3 is 5.97 Å². The summed E-state index contributed by atoms with van der Waals surface area (Å²) in [6.07, 6.45) is 1.74. The van der Waals surface area contributed by atoms with Crippen molar-refractivity contribution >= 4 is 55.2 Å². The van der Waals surface area contributed by atoms with Crippen LogP contribution in [0.1, 0.15) is 31.0 Å². The Hall–Kier alpha value is -2.49. The van der Waals surface area contributed by atoms with Crippen LogP contribution in [0.4, 0.5) is 0 Å². The van der Waals surface area contributed by atoms with E-state index in [1.165, 1.54) is 11.3 Å². The predicted octanol–water partition coefficient (Wildman–Crippen LogP) is 4.03. The highest BCUT2D eigenvalue weighted by Gasteiger charge is 2.33. The van der Waals surface area contributed by atoms with Crippen LogP contribution in [0, 0.1) is 0 Å². The smallest absolute Gasteiger partial charge is 0.338 e. The van der Waals surface area contributed by atoms with Gasteiger partial charge in [0.1, 0.15) is 5.75 Å². The van der Waals surface area contributed by atoms with Gasteiger partial charge in [-0.1, -0.05) is 41.7 Å². The lowest BCUT2D eigenvalue weighted by Crippen LogP contribution is -2.39. The molecule has 2 aromatic carbocycles. The van der Waals surface area contributed by atoms with Gasteiger partial charge in [-0.2, -0.15) is 0 Å². The number of fused-ring (bicyclic) bond motifs is 1. The van der Waals surface area contributed by atoms with E-state index in [2.05, 4.69) is 36.9 Å². The molecule has 0 fully saturated rings. The first kappa shape index (κ1) is 22.7. The molecule has 0 aliphatic carbocycles. The van der Waals surface area contributed by atoms with E-state index in [1.807, 2.05) is 30.3 Å². The first-order chi connectivity index (χ1) is 15.3. The molecule has 0 spiro atoms. The van der Waals surface area contributed by atoms with Crippen LogP contribution >= 0.6 is 43.2 Å². The molecule has 0 saturated carbocycles. The van der Waals surface area contributed by atoms with Crippen molar-refractivity contribution in [3.63, 3.8) is 0 Å². The van der Waals surface area contributed by atoms with Crippen molar-refractivity contribution < 1.29 is 14.6 Å². The van der Waals surface area contributed by atoms with Gasteiger partial charge in [0.15, 0.2) is 4.80 Å². The summed E-state index contributed by atoms with van der Waals surface area (Å²) in [7, 11) is 0. The van der Waals surface area contributed by atoms with E-state index in [-0.39, 0.29) is 17.9 Å². The summed E-state index contributed by atoms with van der Waals surface area (Å²) < 4.78 is 8.32. The number of carbonyl (C=O) groups excluding carboxylic acids is 1. The normalized spacial score (nSPS) is 16.0. The van der Waals surface area contributed by atoms with Gasteiger partial charge < -0.3 is 9.84 Å². The Kier molecular flexibility index (Phi) is 6.50. The van der Waals surface area contributed by atoms with Crippen molar-refractivity contribution in [3.05, 3.63) is 93.5 Å². The van der Waals surface area contributed by atoms with Crippen molar-refractivity contribution in [2.75, 3.05) is 6.61 Å². The van der Waals surface area contributed by atoms with Gasteiger partial charge in [-0.05, 0) is 75.0 Å². The fourth-order valence-corrected chi connectivity index (χ4v) is 5.83. The molecule has 0 amide bonds. The molecule has 0 radical (unpaired) electrons. The van der Waals surface area contributed by atoms with E-state index in [9.17, 15) is 14.7 Å². The van der Waals surface area contributed by atoms with Gasteiger partial charge in [-0.3, -0.25) is 9.36 Å². The lowest BCUT2D eigenvalue weighted by molar-refractivity contribution is -0.139. The number of hydrogen-bond acceptors (Lipinski definition) is 6. The summed E-state index contributed by atoms with van der Waals surface area (Å²) in [5, 5.41) is 9.96. The second-order valence-corrected chi connectivity index (χ2v) is 9.76. The van der Waals surface area contributed by atoms with Crippen molar-refractivity contribution in [2.24, 2.45) is 4.99 Å². The number of nitrogens with zero attached hydrogens (tertiary/aromatic N) is 2. The van der Waals surface area contributed by atoms with E-state index >= 15 is 0 Å². The number of benzene rings is 2. The number of phenols is 1. The molecule has 1 aromatic heterocycles. The summed E-state index contributed by atoms with van der Waals surface area (Å²) in [6, 6.07) is 12.2. The number of phenolic OH excluding ortho intramolecular Hbond substituents is 1. The Morgan fingerprint density at radius 2 is 1.91 bits per heavy atom. The van der Waals surface area contributed by atoms with Gasteiger partial charge in [0.05, 0.1) is 37.4 Å².